The lowest BCUT2D eigenvalue weighted by atomic mass is 10.1. The Morgan fingerprint density at radius 3 is 2.24 bits per heavy atom. The van der Waals surface area contributed by atoms with Crippen LogP contribution < -0.4 is 10.6 Å². The Hall–Kier alpha value is -3.21. The number of amides is 1. The number of anilines is 2. The molecule has 2 N–H and O–H groups in total. The number of carbonyl (C=O) groups excluding carboxylic acids is 1. The van der Waals surface area contributed by atoms with E-state index in [9.17, 15) is 4.79 Å². The highest BCUT2D eigenvalue weighted by Gasteiger charge is 2.09. The summed E-state index contributed by atoms with van der Waals surface area (Å²) >= 11 is 0. The van der Waals surface area contributed by atoms with E-state index in [0.717, 1.165) is 16.8 Å². The van der Waals surface area contributed by atoms with Crippen LogP contribution in [0.1, 0.15) is 27.2 Å². The van der Waals surface area contributed by atoms with Crippen LogP contribution in [-0.2, 0) is 6.54 Å². The van der Waals surface area contributed by atoms with Gasteiger partial charge in [0.05, 0.1) is 0 Å². The maximum Gasteiger partial charge on any atom is 0.274 e. The highest BCUT2D eigenvalue weighted by atomic mass is 16.1. The van der Waals surface area contributed by atoms with E-state index in [1.54, 1.807) is 6.07 Å². The summed E-state index contributed by atoms with van der Waals surface area (Å²) in [4.78, 5) is 20.6. The van der Waals surface area contributed by atoms with Crippen LogP contribution in [0, 0.1) is 13.8 Å². The van der Waals surface area contributed by atoms with Crippen LogP contribution in [0.4, 0.5) is 11.5 Å². The molecule has 0 bridgehead atoms. The summed E-state index contributed by atoms with van der Waals surface area (Å²) in [6.07, 6.45) is 1.39. The third-order valence-corrected chi connectivity index (χ3v) is 3.80. The molecule has 0 spiro atoms. The Bertz CT molecular complexity index is 858. The summed E-state index contributed by atoms with van der Waals surface area (Å²) in [7, 11) is 0. The van der Waals surface area contributed by atoms with Crippen molar-refractivity contribution in [1.29, 1.82) is 0 Å². The quantitative estimate of drug-likeness (QED) is 0.742. The maximum atomic E-state index is 12.3. The van der Waals surface area contributed by atoms with Crippen molar-refractivity contribution in [1.82, 2.24) is 9.97 Å². The number of rotatable bonds is 5. The van der Waals surface area contributed by atoms with Gasteiger partial charge in [-0.1, -0.05) is 47.5 Å². The van der Waals surface area contributed by atoms with Crippen molar-refractivity contribution in [2.24, 2.45) is 0 Å². The predicted molar refractivity (Wildman–Crippen MR) is 99.7 cm³/mol. The Morgan fingerprint density at radius 1 is 0.920 bits per heavy atom. The lowest BCUT2D eigenvalue weighted by molar-refractivity contribution is 0.102. The molecule has 3 rings (SSSR count). The van der Waals surface area contributed by atoms with Crippen molar-refractivity contribution in [2.45, 2.75) is 20.4 Å². The van der Waals surface area contributed by atoms with Gasteiger partial charge < -0.3 is 10.6 Å². The summed E-state index contributed by atoms with van der Waals surface area (Å²) in [6.45, 7) is 4.69. The van der Waals surface area contributed by atoms with Gasteiger partial charge in [-0.2, -0.15) is 0 Å². The first kappa shape index (κ1) is 16.6. The van der Waals surface area contributed by atoms with Crippen LogP contribution in [0.3, 0.4) is 0 Å². The van der Waals surface area contributed by atoms with Gasteiger partial charge in [0.25, 0.3) is 5.91 Å². The van der Waals surface area contributed by atoms with E-state index in [4.69, 9.17) is 0 Å². The third-order valence-electron chi connectivity index (χ3n) is 3.80. The molecule has 5 heteroatoms. The normalized spacial score (nSPS) is 10.3. The van der Waals surface area contributed by atoms with E-state index >= 15 is 0 Å². The summed E-state index contributed by atoms with van der Waals surface area (Å²) in [6, 6.07) is 17.5. The van der Waals surface area contributed by atoms with Gasteiger partial charge in [0.2, 0.25) is 0 Å². The molecule has 1 heterocycles. The summed E-state index contributed by atoms with van der Waals surface area (Å²) in [5.41, 5.74) is 4.57. The molecule has 3 aromatic rings. The molecule has 5 nitrogen and oxygen atoms in total. The summed E-state index contributed by atoms with van der Waals surface area (Å²) < 4.78 is 0. The Labute approximate surface area is 147 Å². The van der Waals surface area contributed by atoms with Crippen molar-refractivity contribution in [3.8, 4) is 0 Å². The molecule has 0 radical (unpaired) electrons. The molecular formula is C20H20N4O. The Balaban J connectivity index is 1.64. The fourth-order valence-corrected chi connectivity index (χ4v) is 2.31. The lowest BCUT2D eigenvalue weighted by Gasteiger charge is -2.08. The molecule has 0 fully saturated rings. The second-order valence-corrected chi connectivity index (χ2v) is 5.95. The molecule has 2 aromatic carbocycles. The van der Waals surface area contributed by atoms with Gasteiger partial charge in [0.15, 0.2) is 0 Å². The van der Waals surface area contributed by atoms with Crippen molar-refractivity contribution in [3.05, 3.63) is 83.3 Å². The van der Waals surface area contributed by atoms with Gasteiger partial charge in [-0.25, -0.2) is 9.97 Å². The zero-order chi connectivity index (χ0) is 17.6. The molecule has 25 heavy (non-hydrogen) atoms. The van der Waals surface area contributed by atoms with Gasteiger partial charge in [-0.15, -0.1) is 0 Å². The number of hydrogen-bond donors (Lipinski definition) is 2. The second kappa shape index (κ2) is 7.57. The van der Waals surface area contributed by atoms with Gasteiger partial charge in [0, 0.05) is 18.3 Å². The number of benzene rings is 2. The Morgan fingerprint density at radius 2 is 1.56 bits per heavy atom. The number of aryl methyl sites for hydroxylation is 2. The average Bonchev–Trinajstić information content (AvgIpc) is 2.63. The van der Waals surface area contributed by atoms with E-state index < -0.39 is 0 Å². The van der Waals surface area contributed by atoms with Crippen LogP contribution in [0.15, 0.2) is 60.9 Å². The van der Waals surface area contributed by atoms with Crippen LogP contribution in [0.5, 0.6) is 0 Å². The van der Waals surface area contributed by atoms with Gasteiger partial charge in [-0.3, -0.25) is 4.79 Å². The molecule has 0 aliphatic rings. The largest absolute Gasteiger partial charge is 0.366 e. The standard InChI is InChI=1S/C20H20N4O/c1-14-3-7-16(8-4-14)12-21-19-11-18(22-13-23-19)20(25)24-17-9-5-15(2)6-10-17/h3-11,13H,12H2,1-2H3,(H,24,25)(H,21,22,23). The van der Waals surface area contributed by atoms with Crippen molar-refractivity contribution >= 4 is 17.4 Å². The first-order valence-electron chi connectivity index (χ1n) is 8.09. The molecule has 0 saturated carbocycles. The van der Waals surface area contributed by atoms with Gasteiger partial charge in [-0.05, 0) is 31.5 Å². The van der Waals surface area contributed by atoms with E-state index in [2.05, 4.69) is 51.8 Å². The minimum Gasteiger partial charge on any atom is -0.366 e. The van der Waals surface area contributed by atoms with Gasteiger partial charge in [0.1, 0.15) is 17.8 Å². The predicted octanol–water partition coefficient (Wildman–Crippen LogP) is 3.96. The van der Waals surface area contributed by atoms with Crippen molar-refractivity contribution in [2.75, 3.05) is 10.6 Å². The van der Waals surface area contributed by atoms with Crippen molar-refractivity contribution in [3.63, 3.8) is 0 Å². The molecule has 0 atom stereocenters. The number of aromatic nitrogens is 2. The fraction of sp³-hybridized carbons (Fsp3) is 0.150. The van der Waals surface area contributed by atoms with Gasteiger partial charge >= 0.3 is 0 Å². The molecule has 1 aromatic heterocycles. The molecule has 0 unspecified atom stereocenters. The molecule has 126 valence electrons. The fourth-order valence-electron chi connectivity index (χ4n) is 2.31. The topological polar surface area (TPSA) is 66.9 Å². The molecule has 1 amide bonds. The zero-order valence-electron chi connectivity index (χ0n) is 14.3. The summed E-state index contributed by atoms with van der Waals surface area (Å²) in [5, 5.41) is 6.05. The zero-order valence-corrected chi connectivity index (χ0v) is 14.3. The smallest absolute Gasteiger partial charge is 0.274 e. The number of nitrogens with zero attached hydrogens (tertiary/aromatic N) is 2. The van der Waals surface area contributed by atoms with E-state index in [1.807, 2.05) is 31.2 Å². The van der Waals surface area contributed by atoms with Crippen LogP contribution in [-0.4, -0.2) is 15.9 Å². The first-order chi connectivity index (χ1) is 12.1. The number of nitrogens with one attached hydrogen (secondary N) is 2. The monoisotopic (exact) mass is 332 g/mol. The third kappa shape index (κ3) is 4.64. The molecular weight excluding hydrogens is 312 g/mol. The lowest BCUT2D eigenvalue weighted by Crippen LogP contribution is -2.14. The molecule has 0 saturated heterocycles. The maximum absolute atomic E-state index is 12.3. The summed E-state index contributed by atoms with van der Waals surface area (Å²) in [5.74, 6) is 0.356. The minimum atomic E-state index is -0.260. The van der Waals surface area contributed by atoms with Crippen molar-refractivity contribution < 1.29 is 4.79 Å². The number of carbonyl (C=O) groups is 1. The molecule has 0 aliphatic heterocycles. The highest BCUT2D eigenvalue weighted by molar-refractivity contribution is 6.03. The highest BCUT2D eigenvalue weighted by Crippen LogP contribution is 2.12. The van der Waals surface area contributed by atoms with Crippen LogP contribution in [0.25, 0.3) is 0 Å². The van der Waals surface area contributed by atoms with Crippen LogP contribution in [0.2, 0.25) is 0 Å². The SMILES string of the molecule is Cc1ccc(CNc2cc(C(=O)Nc3ccc(C)cc3)ncn2)cc1. The second-order valence-electron chi connectivity index (χ2n) is 5.95. The average molecular weight is 332 g/mol. The number of hydrogen-bond acceptors (Lipinski definition) is 4. The van der Waals surface area contributed by atoms with E-state index in [0.29, 0.717) is 18.1 Å². The van der Waals surface area contributed by atoms with E-state index in [-0.39, 0.29) is 5.91 Å². The van der Waals surface area contributed by atoms with Crippen LogP contribution >= 0.6 is 0 Å². The first-order valence-corrected chi connectivity index (χ1v) is 8.09. The molecule has 0 aliphatic carbocycles. The minimum absolute atomic E-state index is 0.260. The van der Waals surface area contributed by atoms with E-state index in [1.165, 1.54) is 11.9 Å². The Kier molecular flexibility index (Phi) is 5.04.